The van der Waals surface area contributed by atoms with Crippen LogP contribution in [0.5, 0.6) is 0 Å². The molecule has 4 nitrogen and oxygen atoms in total. The summed E-state index contributed by atoms with van der Waals surface area (Å²) in [7, 11) is 2.18. The molecule has 15 heavy (non-hydrogen) atoms. The smallest absolute Gasteiger partial charge is 0.122 e. The van der Waals surface area contributed by atoms with Crippen molar-refractivity contribution in [3.63, 3.8) is 0 Å². The third kappa shape index (κ3) is 3.34. The number of amidine groups is 1. The monoisotopic (exact) mass is 320 g/mol. The fourth-order valence-corrected chi connectivity index (χ4v) is 2.42. The van der Waals surface area contributed by atoms with E-state index in [9.17, 15) is 0 Å². The molecule has 5 heteroatoms. The van der Waals surface area contributed by atoms with Crippen molar-refractivity contribution in [1.82, 2.24) is 15.5 Å². The van der Waals surface area contributed by atoms with Crippen molar-refractivity contribution in [2.45, 2.75) is 18.9 Å². The van der Waals surface area contributed by atoms with Crippen LogP contribution in [0.2, 0.25) is 0 Å². The lowest BCUT2D eigenvalue weighted by Gasteiger charge is -2.30. The summed E-state index contributed by atoms with van der Waals surface area (Å²) in [6.45, 7) is 3.20. The number of piperidine rings is 1. The van der Waals surface area contributed by atoms with Crippen molar-refractivity contribution in [3.8, 4) is 0 Å². The fourth-order valence-electron chi connectivity index (χ4n) is 1.90. The van der Waals surface area contributed by atoms with Crippen LogP contribution >= 0.6 is 22.6 Å². The number of nitrogens with one attached hydrogen (secondary N) is 2. The van der Waals surface area contributed by atoms with Gasteiger partial charge in [0.25, 0.3) is 0 Å². The van der Waals surface area contributed by atoms with Gasteiger partial charge in [0.1, 0.15) is 9.54 Å². The Morgan fingerprint density at radius 1 is 1.53 bits per heavy atom. The van der Waals surface area contributed by atoms with Gasteiger partial charge in [-0.3, -0.25) is 0 Å². The highest BCUT2D eigenvalue weighted by Gasteiger charge is 2.18. The molecular weight excluding hydrogens is 303 g/mol. The highest BCUT2D eigenvalue weighted by Crippen LogP contribution is 2.11. The first-order valence-electron chi connectivity index (χ1n) is 5.36. The van der Waals surface area contributed by atoms with Crippen LogP contribution in [-0.4, -0.2) is 43.5 Å². The molecule has 1 fully saturated rings. The molecule has 0 radical (unpaired) electrons. The quantitative estimate of drug-likeness (QED) is 0.557. The number of halogens is 1. The molecule has 0 bridgehead atoms. The zero-order chi connectivity index (χ0) is 10.7. The van der Waals surface area contributed by atoms with Gasteiger partial charge in [-0.25, -0.2) is 4.99 Å². The minimum Gasteiger partial charge on any atom is -0.382 e. The van der Waals surface area contributed by atoms with Gasteiger partial charge in [-0.05, 0) is 55.6 Å². The average Bonchev–Trinajstić information content (AvgIpc) is 2.22. The van der Waals surface area contributed by atoms with Crippen LogP contribution in [0.25, 0.3) is 0 Å². The second kappa shape index (κ2) is 5.16. The van der Waals surface area contributed by atoms with Gasteiger partial charge in [0, 0.05) is 12.2 Å². The molecule has 2 rings (SSSR count). The lowest BCUT2D eigenvalue weighted by molar-refractivity contribution is 0.246. The van der Waals surface area contributed by atoms with Crippen molar-refractivity contribution in [2.75, 3.05) is 26.7 Å². The van der Waals surface area contributed by atoms with Crippen molar-refractivity contribution in [2.24, 2.45) is 4.99 Å². The van der Waals surface area contributed by atoms with E-state index < -0.39 is 0 Å². The van der Waals surface area contributed by atoms with E-state index in [1.54, 1.807) is 0 Å². The average molecular weight is 320 g/mol. The van der Waals surface area contributed by atoms with Crippen LogP contribution in [-0.2, 0) is 0 Å². The van der Waals surface area contributed by atoms with E-state index in [-0.39, 0.29) is 0 Å². The van der Waals surface area contributed by atoms with E-state index in [4.69, 9.17) is 0 Å². The van der Waals surface area contributed by atoms with E-state index in [0.717, 1.165) is 16.1 Å². The highest BCUT2D eigenvalue weighted by atomic mass is 127. The Labute approximate surface area is 104 Å². The standard InChI is InChI=1S/C10H17IN4/c1-15-4-2-8(3-5-15)13-10-7-12-6-9(11)14-10/h6,8,12H,2-5,7H2,1H3,(H,13,14). The fraction of sp³-hybridized carbons (Fsp3) is 0.700. The van der Waals surface area contributed by atoms with Crippen LogP contribution in [0.4, 0.5) is 0 Å². The van der Waals surface area contributed by atoms with Crippen LogP contribution < -0.4 is 10.6 Å². The molecule has 0 saturated carbocycles. The summed E-state index contributed by atoms with van der Waals surface area (Å²) < 4.78 is 1.02. The molecular formula is C10H17IN4. The normalized spacial score (nSPS) is 24.1. The van der Waals surface area contributed by atoms with Crippen LogP contribution in [0.1, 0.15) is 12.8 Å². The topological polar surface area (TPSA) is 39.7 Å². The zero-order valence-electron chi connectivity index (χ0n) is 8.96. The molecule has 84 valence electrons. The number of rotatable bonds is 1. The largest absolute Gasteiger partial charge is 0.382 e. The number of hydrogen-bond acceptors (Lipinski definition) is 4. The van der Waals surface area contributed by atoms with Crippen molar-refractivity contribution in [1.29, 1.82) is 0 Å². The molecule has 2 aliphatic heterocycles. The Kier molecular flexibility index (Phi) is 3.85. The summed E-state index contributed by atoms with van der Waals surface area (Å²) in [6, 6.07) is 0.601. The number of hydrogen-bond donors (Lipinski definition) is 2. The third-order valence-corrected chi connectivity index (χ3v) is 3.37. The van der Waals surface area contributed by atoms with Gasteiger partial charge >= 0.3 is 0 Å². The molecule has 2 aliphatic rings. The lowest BCUT2D eigenvalue weighted by Crippen LogP contribution is -2.46. The minimum absolute atomic E-state index is 0.601. The van der Waals surface area contributed by atoms with Gasteiger partial charge in [-0.1, -0.05) is 0 Å². The SMILES string of the molecule is CN1CCC(NC2=NC(I)=CNC2)CC1. The maximum absolute atomic E-state index is 4.47. The lowest BCUT2D eigenvalue weighted by atomic mass is 10.1. The molecule has 2 heterocycles. The van der Waals surface area contributed by atoms with E-state index in [0.29, 0.717) is 6.04 Å². The molecule has 2 N–H and O–H groups in total. The summed E-state index contributed by atoms with van der Waals surface area (Å²) >= 11 is 2.23. The van der Waals surface area contributed by atoms with Crippen LogP contribution in [0.3, 0.4) is 0 Å². The molecule has 0 amide bonds. The predicted molar refractivity (Wildman–Crippen MR) is 71.2 cm³/mol. The Hall–Kier alpha value is -0.300. The summed E-state index contributed by atoms with van der Waals surface area (Å²) in [4.78, 5) is 6.85. The number of likely N-dealkylation sites (tertiary alicyclic amines) is 1. The molecule has 0 aromatic heterocycles. The van der Waals surface area contributed by atoms with Gasteiger partial charge in [-0.15, -0.1) is 0 Å². The molecule has 0 aromatic carbocycles. The maximum Gasteiger partial charge on any atom is 0.122 e. The van der Waals surface area contributed by atoms with Crippen LogP contribution in [0.15, 0.2) is 14.9 Å². The Morgan fingerprint density at radius 2 is 2.27 bits per heavy atom. The van der Waals surface area contributed by atoms with Crippen molar-refractivity contribution >= 4 is 28.4 Å². The molecule has 0 spiro atoms. The number of nitrogens with zero attached hydrogens (tertiary/aromatic N) is 2. The predicted octanol–water partition coefficient (Wildman–Crippen LogP) is 0.906. The van der Waals surface area contributed by atoms with Gasteiger partial charge in [0.15, 0.2) is 0 Å². The minimum atomic E-state index is 0.601. The first kappa shape index (κ1) is 11.2. The van der Waals surface area contributed by atoms with E-state index >= 15 is 0 Å². The molecule has 0 atom stereocenters. The van der Waals surface area contributed by atoms with Gasteiger partial charge < -0.3 is 15.5 Å². The summed E-state index contributed by atoms with van der Waals surface area (Å²) in [5.41, 5.74) is 0. The molecule has 0 aromatic rings. The van der Waals surface area contributed by atoms with Crippen LogP contribution in [0, 0.1) is 0 Å². The number of aliphatic imine (C=N–C) groups is 1. The Balaban J connectivity index is 1.84. The summed E-state index contributed by atoms with van der Waals surface area (Å²) in [5, 5.41) is 6.73. The van der Waals surface area contributed by atoms with Gasteiger partial charge in [-0.2, -0.15) is 0 Å². The van der Waals surface area contributed by atoms with E-state index in [1.807, 2.05) is 6.20 Å². The maximum atomic E-state index is 4.47. The first-order valence-corrected chi connectivity index (χ1v) is 6.43. The van der Waals surface area contributed by atoms with Gasteiger partial charge in [0.2, 0.25) is 0 Å². The van der Waals surface area contributed by atoms with E-state index in [2.05, 4.69) is 50.2 Å². The third-order valence-electron chi connectivity index (χ3n) is 2.82. The van der Waals surface area contributed by atoms with Gasteiger partial charge in [0.05, 0.1) is 6.54 Å². The second-order valence-corrected chi connectivity index (χ2v) is 5.23. The molecule has 0 aliphatic carbocycles. The molecule has 1 saturated heterocycles. The molecule has 0 unspecified atom stereocenters. The second-order valence-electron chi connectivity index (χ2n) is 4.13. The van der Waals surface area contributed by atoms with E-state index in [1.165, 1.54) is 25.9 Å². The first-order chi connectivity index (χ1) is 7.24. The van der Waals surface area contributed by atoms with Crippen molar-refractivity contribution < 1.29 is 0 Å². The Morgan fingerprint density at radius 3 is 2.93 bits per heavy atom. The van der Waals surface area contributed by atoms with Crippen molar-refractivity contribution in [3.05, 3.63) is 9.90 Å². The Bertz CT molecular complexity index is 279. The zero-order valence-corrected chi connectivity index (χ0v) is 11.1. The summed E-state index contributed by atoms with van der Waals surface area (Å²) in [5.74, 6) is 1.08. The highest BCUT2D eigenvalue weighted by molar-refractivity contribution is 14.1. The summed E-state index contributed by atoms with van der Waals surface area (Å²) in [6.07, 6.45) is 4.38.